The average Bonchev–Trinajstić information content (AvgIpc) is 3.13. The molecule has 7 nitrogen and oxygen atoms in total. The van der Waals surface area contributed by atoms with E-state index < -0.39 is 11.7 Å². The van der Waals surface area contributed by atoms with Crippen molar-refractivity contribution in [1.82, 2.24) is 10.6 Å². The van der Waals surface area contributed by atoms with E-state index >= 15 is 0 Å². The van der Waals surface area contributed by atoms with Crippen LogP contribution < -0.4 is 16.0 Å². The standard InChI is InChI=1S/C21H30N4O3/c1-21(2,3)28-20(26)25-17-9-7-16(8-10-17)11-13-23-19(22-4)24-14-12-18-6-5-15-27-18/h5-10,15H,11-14H2,1-4H3,(H,25,26)(H2,22,23,24). The molecule has 0 fully saturated rings. The van der Waals surface area contributed by atoms with Gasteiger partial charge < -0.3 is 19.8 Å². The van der Waals surface area contributed by atoms with Crippen molar-refractivity contribution in [2.24, 2.45) is 4.99 Å². The molecule has 0 aliphatic heterocycles. The van der Waals surface area contributed by atoms with Crippen LogP contribution in [0.25, 0.3) is 0 Å². The minimum atomic E-state index is -0.514. The molecule has 152 valence electrons. The fraction of sp³-hybridized carbons (Fsp3) is 0.429. The Bertz CT molecular complexity index is 747. The summed E-state index contributed by atoms with van der Waals surface area (Å²) in [5.74, 6) is 1.71. The van der Waals surface area contributed by atoms with Crippen molar-refractivity contribution in [3.63, 3.8) is 0 Å². The second kappa shape index (κ2) is 10.4. The molecule has 7 heteroatoms. The fourth-order valence-electron chi connectivity index (χ4n) is 2.48. The van der Waals surface area contributed by atoms with E-state index in [0.717, 1.165) is 43.2 Å². The predicted octanol–water partition coefficient (Wildman–Crippen LogP) is 3.58. The highest BCUT2D eigenvalue weighted by atomic mass is 16.6. The third-order valence-corrected chi connectivity index (χ3v) is 3.77. The Kier molecular flexibility index (Phi) is 7.92. The topological polar surface area (TPSA) is 87.9 Å². The molecule has 0 atom stereocenters. The van der Waals surface area contributed by atoms with Gasteiger partial charge in [0.2, 0.25) is 0 Å². The van der Waals surface area contributed by atoms with Gasteiger partial charge in [-0.25, -0.2) is 4.79 Å². The van der Waals surface area contributed by atoms with Crippen molar-refractivity contribution in [2.75, 3.05) is 25.5 Å². The zero-order valence-corrected chi connectivity index (χ0v) is 17.0. The van der Waals surface area contributed by atoms with E-state index in [1.54, 1.807) is 13.3 Å². The zero-order chi connectivity index (χ0) is 20.4. The van der Waals surface area contributed by atoms with Crippen molar-refractivity contribution in [1.29, 1.82) is 0 Å². The van der Waals surface area contributed by atoms with Crippen molar-refractivity contribution in [2.45, 2.75) is 39.2 Å². The number of aliphatic imine (C=N–C) groups is 1. The van der Waals surface area contributed by atoms with Crippen LogP contribution in [-0.2, 0) is 17.6 Å². The van der Waals surface area contributed by atoms with Crippen molar-refractivity contribution in [3.05, 3.63) is 54.0 Å². The van der Waals surface area contributed by atoms with E-state index in [1.165, 1.54) is 0 Å². The monoisotopic (exact) mass is 386 g/mol. The van der Waals surface area contributed by atoms with E-state index in [9.17, 15) is 4.79 Å². The van der Waals surface area contributed by atoms with Gasteiger partial charge in [0.15, 0.2) is 5.96 Å². The molecule has 0 spiro atoms. The smallest absolute Gasteiger partial charge is 0.412 e. The van der Waals surface area contributed by atoms with Gasteiger partial charge in [-0.1, -0.05) is 12.1 Å². The molecular formula is C21H30N4O3. The van der Waals surface area contributed by atoms with Crippen LogP contribution in [-0.4, -0.2) is 37.8 Å². The summed E-state index contributed by atoms with van der Waals surface area (Å²) in [5.41, 5.74) is 1.36. The van der Waals surface area contributed by atoms with Gasteiger partial charge in [0.1, 0.15) is 11.4 Å². The minimum Gasteiger partial charge on any atom is -0.469 e. The molecule has 1 amide bonds. The Hall–Kier alpha value is -2.96. The normalized spacial score (nSPS) is 11.8. The van der Waals surface area contributed by atoms with E-state index in [1.807, 2.05) is 57.2 Å². The maximum Gasteiger partial charge on any atom is 0.412 e. The van der Waals surface area contributed by atoms with Gasteiger partial charge in [-0.05, 0) is 57.0 Å². The molecule has 1 aromatic heterocycles. The first kappa shape index (κ1) is 21.3. The summed E-state index contributed by atoms with van der Waals surface area (Å²) in [7, 11) is 1.75. The zero-order valence-electron chi connectivity index (χ0n) is 17.0. The molecule has 0 bridgehead atoms. The Morgan fingerprint density at radius 3 is 2.32 bits per heavy atom. The molecule has 2 rings (SSSR count). The number of nitrogens with zero attached hydrogens (tertiary/aromatic N) is 1. The van der Waals surface area contributed by atoms with Crippen LogP contribution in [0.2, 0.25) is 0 Å². The van der Waals surface area contributed by atoms with Crippen molar-refractivity contribution < 1.29 is 13.9 Å². The molecule has 0 aliphatic rings. The highest BCUT2D eigenvalue weighted by molar-refractivity contribution is 5.84. The van der Waals surface area contributed by atoms with E-state index in [0.29, 0.717) is 5.69 Å². The maximum absolute atomic E-state index is 11.8. The molecule has 3 N–H and O–H groups in total. The summed E-state index contributed by atoms with van der Waals surface area (Å²) >= 11 is 0. The van der Waals surface area contributed by atoms with Gasteiger partial charge in [0.25, 0.3) is 0 Å². The molecule has 28 heavy (non-hydrogen) atoms. The van der Waals surface area contributed by atoms with Gasteiger partial charge in [0.05, 0.1) is 6.26 Å². The Morgan fingerprint density at radius 1 is 1.07 bits per heavy atom. The molecule has 1 aromatic carbocycles. The van der Waals surface area contributed by atoms with Crippen LogP contribution in [0.4, 0.5) is 10.5 Å². The number of rotatable bonds is 7. The molecule has 0 saturated carbocycles. The predicted molar refractivity (Wildman–Crippen MR) is 112 cm³/mol. The lowest BCUT2D eigenvalue weighted by Crippen LogP contribution is -2.39. The number of amides is 1. The van der Waals surface area contributed by atoms with Crippen LogP contribution in [0.3, 0.4) is 0 Å². The highest BCUT2D eigenvalue weighted by Gasteiger charge is 2.16. The summed E-state index contributed by atoms with van der Waals surface area (Å²) < 4.78 is 10.6. The largest absolute Gasteiger partial charge is 0.469 e. The number of nitrogens with one attached hydrogen (secondary N) is 3. The van der Waals surface area contributed by atoms with E-state index in [2.05, 4.69) is 20.9 Å². The van der Waals surface area contributed by atoms with Crippen LogP contribution in [0.1, 0.15) is 32.1 Å². The number of furan rings is 1. The number of hydrogen-bond donors (Lipinski definition) is 3. The number of anilines is 1. The number of carbonyl (C=O) groups is 1. The van der Waals surface area contributed by atoms with Gasteiger partial charge in [-0.3, -0.25) is 10.3 Å². The van der Waals surface area contributed by atoms with Crippen molar-refractivity contribution >= 4 is 17.7 Å². The highest BCUT2D eigenvalue weighted by Crippen LogP contribution is 2.13. The fourth-order valence-corrected chi connectivity index (χ4v) is 2.48. The molecule has 0 saturated heterocycles. The number of hydrogen-bond acceptors (Lipinski definition) is 4. The van der Waals surface area contributed by atoms with Gasteiger partial charge in [-0.15, -0.1) is 0 Å². The summed E-state index contributed by atoms with van der Waals surface area (Å²) in [6.45, 7) is 7.00. The second-order valence-corrected chi connectivity index (χ2v) is 7.33. The summed E-state index contributed by atoms with van der Waals surface area (Å²) in [4.78, 5) is 16.0. The summed E-state index contributed by atoms with van der Waals surface area (Å²) in [6, 6.07) is 11.6. The van der Waals surface area contributed by atoms with E-state index in [4.69, 9.17) is 9.15 Å². The third kappa shape index (κ3) is 8.16. The quantitative estimate of drug-likeness (QED) is 0.500. The molecule has 1 heterocycles. The second-order valence-electron chi connectivity index (χ2n) is 7.33. The molecule has 2 aromatic rings. The lowest BCUT2D eigenvalue weighted by Gasteiger charge is -2.19. The Labute approximate surface area is 166 Å². The number of carbonyl (C=O) groups excluding carboxylic acids is 1. The average molecular weight is 386 g/mol. The first-order valence-electron chi connectivity index (χ1n) is 9.41. The molecule has 0 unspecified atom stereocenters. The first-order chi connectivity index (χ1) is 13.4. The lowest BCUT2D eigenvalue weighted by atomic mass is 10.1. The van der Waals surface area contributed by atoms with Crippen LogP contribution >= 0.6 is 0 Å². The maximum atomic E-state index is 11.8. The van der Waals surface area contributed by atoms with Crippen LogP contribution in [0.15, 0.2) is 52.1 Å². The Balaban J connectivity index is 1.69. The van der Waals surface area contributed by atoms with Gasteiger partial charge in [0, 0.05) is 32.2 Å². The van der Waals surface area contributed by atoms with Crippen LogP contribution in [0, 0.1) is 0 Å². The SMILES string of the molecule is CN=C(NCCc1ccc(NC(=O)OC(C)(C)C)cc1)NCCc1ccco1. The van der Waals surface area contributed by atoms with Crippen LogP contribution in [0.5, 0.6) is 0 Å². The third-order valence-electron chi connectivity index (χ3n) is 3.77. The Morgan fingerprint density at radius 2 is 1.75 bits per heavy atom. The minimum absolute atomic E-state index is 0.452. The number of ether oxygens (including phenoxy) is 1. The molecular weight excluding hydrogens is 356 g/mol. The molecule has 0 aliphatic carbocycles. The summed E-state index contributed by atoms with van der Waals surface area (Å²) in [6.07, 6.45) is 2.87. The van der Waals surface area contributed by atoms with Gasteiger partial charge >= 0.3 is 6.09 Å². The van der Waals surface area contributed by atoms with Crippen molar-refractivity contribution in [3.8, 4) is 0 Å². The first-order valence-corrected chi connectivity index (χ1v) is 9.41. The number of guanidine groups is 1. The van der Waals surface area contributed by atoms with E-state index in [-0.39, 0.29) is 0 Å². The summed E-state index contributed by atoms with van der Waals surface area (Å²) in [5, 5.41) is 9.28. The number of benzene rings is 1. The lowest BCUT2D eigenvalue weighted by molar-refractivity contribution is 0.0636. The molecule has 0 radical (unpaired) electrons. The van der Waals surface area contributed by atoms with Gasteiger partial charge in [-0.2, -0.15) is 0 Å².